The van der Waals surface area contributed by atoms with Gasteiger partial charge in [-0.05, 0) is 31.2 Å². The molecule has 138 valence electrons. The summed E-state index contributed by atoms with van der Waals surface area (Å²) in [6, 6.07) is 10.00. The van der Waals surface area contributed by atoms with Crippen LogP contribution in [0.1, 0.15) is 17.5 Å². The van der Waals surface area contributed by atoms with Gasteiger partial charge in [-0.15, -0.1) is 0 Å². The fourth-order valence-electron chi connectivity index (χ4n) is 2.21. The number of carbonyl (C=O) groups excluding carboxylic acids is 3. The number of nitrogens with one attached hydrogen (secondary N) is 2. The predicted octanol–water partition coefficient (Wildman–Crippen LogP) is 1.51. The Morgan fingerprint density at radius 1 is 1.19 bits per heavy atom. The number of ether oxygens (including phenoxy) is 1. The van der Waals surface area contributed by atoms with E-state index in [1.165, 1.54) is 24.3 Å². The number of furan rings is 1. The van der Waals surface area contributed by atoms with Crippen LogP contribution in [-0.2, 0) is 9.59 Å². The molecule has 0 aliphatic carbocycles. The van der Waals surface area contributed by atoms with Gasteiger partial charge in [0.15, 0.2) is 5.76 Å². The molecule has 0 radical (unpaired) electrons. The molecule has 1 aromatic carbocycles. The number of anilines is 1. The lowest BCUT2D eigenvalue weighted by Crippen LogP contribution is -2.43. The van der Waals surface area contributed by atoms with Crippen molar-refractivity contribution in [2.75, 3.05) is 32.1 Å². The van der Waals surface area contributed by atoms with Crippen LogP contribution >= 0.6 is 0 Å². The average molecular weight is 359 g/mol. The first-order valence-corrected chi connectivity index (χ1v) is 8.07. The van der Waals surface area contributed by atoms with Crippen LogP contribution in [0.25, 0.3) is 0 Å². The Balaban J connectivity index is 1.85. The third kappa shape index (κ3) is 5.37. The number of nitrogens with zero attached hydrogens (tertiary/aromatic N) is 1. The first-order chi connectivity index (χ1) is 12.5. The van der Waals surface area contributed by atoms with E-state index in [1.54, 1.807) is 37.3 Å². The summed E-state index contributed by atoms with van der Waals surface area (Å²) in [5, 5.41) is 5.17. The van der Waals surface area contributed by atoms with Crippen molar-refractivity contribution in [3.8, 4) is 5.75 Å². The molecule has 8 nitrogen and oxygen atoms in total. The molecular formula is C18H21N3O5. The van der Waals surface area contributed by atoms with Gasteiger partial charge < -0.3 is 24.7 Å². The van der Waals surface area contributed by atoms with E-state index in [1.807, 2.05) is 0 Å². The molecule has 0 saturated heterocycles. The summed E-state index contributed by atoms with van der Waals surface area (Å²) >= 11 is 0. The van der Waals surface area contributed by atoms with E-state index < -0.39 is 5.91 Å². The minimum atomic E-state index is -0.486. The van der Waals surface area contributed by atoms with E-state index in [9.17, 15) is 14.4 Å². The fourth-order valence-corrected chi connectivity index (χ4v) is 2.21. The minimum Gasteiger partial charge on any atom is -0.497 e. The second-order valence-corrected chi connectivity index (χ2v) is 5.35. The van der Waals surface area contributed by atoms with Crippen LogP contribution in [0.2, 0.25) is 0 Å². The van der Waals surface area contributed by atoms with Crippen molar-refractivity contribution in [2.45, 2.75) is 6.92 Å². The Kier molecular flexibility index (Phi) is 6.78. The molecule has 2 rings (SSSR count). The van der Waals surface area contributed by atoms with Crippen molar-refractivity contribution >= 4 is 23.4 Å². The van der Waals surface area contributed by atoms with Crippen LogP contribution in [0.4, 0.5) is 5.69 Å². The van der Waals surface area contributed by atoms with Gasteiger partial charge >= 0.3 is 0 Å². The molecule has 8 heteroatoms. The number of rotatable bonds is 8. The molecular weight excluding hydrogens is 338 g/mol. The van der Waals surface area contributed by atoms with E-state index in [2.05, 4.69) is 10.6 Å². The van der Waals surface area contributed by atoms with Gasteiger partial charge in [-0.3, -0.25) is 14.4 Å². The monoisotopic (exact) mass is 359 g/mol. The molecule has 0 fully saturated rings. The van der Waals surface area contributed by atoms with E-state index >= 15 is 0 Å². The Labute approximate surface area is 151 Å². The molecule has 0 spiro atoms. The third-order valence-electron chi connectivity index (χ3n) is 3.57. The van der Waals surface area contributed by atoms with Crippen molar-refractivity contribution in [1.29, 1.82) is 0 Å². The van der Waals surface area contributed by atoms with Gasteiger partial charge in [0.25, 0.3) is 5.91 Å². The molecule has 26 heavy (non-hydrogen) atoms. The highest BCUT2D eigenvalue weighted by atomic mass is 16.5. The molecule has 0 atom stereocenters. The fraction of sp³-hybridized carbons (Fsp3) is 0.278. The van der Waals surface area contributed by atoms with E-state index in [-0.39, 0.29) is 30.7 Å². The normalized spacial score (nSPS) is 10.1. The molecule has 0 aliphatic rings. The predicted molar refractivity (Wildman–Crippen MR) is 94.9 cm³/mol. The van der Waals surface area contributed by atoms with Crippen LogP contribution in [-0.4, -0.2) is 49.4 Å². The van der Waals surface area contributed by atoms with Crippen molar-refractivity contribution in [1.82, 2.24) is 10.2 Å². The van der Waals surface area contributed by atoms with Crippen molar-refractivity contribution in [3.05, 3.63) is 48.4 Å². The summed E-state index contributed by atoms with van der Waals surface area (Å²) in [6.07, 6.45) is 1.37. The Morgan fingerprint density at radius 2 is 2.00 bits per heavy atom. The van der Waals surface area contributed by atoms with E-state index in [0.717, 1.165) is 0 Å². The first kappa shape index (κ1) is 19.0. The average Bonchev–Trinajstić information content (AvgIpc) is 3.18. The zero-order valence-electron chi connectivity index (χ0n) is 14.7. The summed E-state index contributed by atoms with van der Waals surface area (Å²) in [5.41, 5.74) is 0.573. The maximum Gasteiger partial charge on any atom is 0.287 e. The lowest BCUT2D eigenvalue weighted by atomic mass is 10.3. The summed E-state index contributed by atoms with van der Waals surface area (Å²) in [6.45, 7) is 1.75. The number of amides is 3. The summed E-state index contributed by atoms with van der Waals surface area (Å²) in [7, 11) is 1.54. The number of likely N-dealkylation sites (N-methyl/N-ethyl adjacent to an activating group) is 1. The van der Waals surface area contributed by atoms with Crippen LogP contribution < -0.4 is 15.4 Å². The van der Waals surface area contributed by atoms with Crippen molar-refractivity contribution in [3.63, 3.8) is 0 Å². The van der Waals surface area contributed by atoms with Gasteiger partial charge in [0.2, 0.25) is 11.8 Å². The standard InChI is InChI=1S/C18H21N3O5/c1-3-21(17(23)11-19-18(24)15-8-5-9-26-15)12-16(22)20-13-6-4-7-14(10-13)25-2/h4-10H,3,11-12H2,1-2H3,(H,19,24)(H,20,22). The molecule has 1 heterocycles. The van der Waals surface area contributed by atoms with Gasteiger partial charge in [-0.2, -0.15) is 0 Å². The smallest absolute Gasteiger partial charge is 0.287 e. The quantitative estimate of drug-likeness (QED) is 0.744. The SMILES string of the molecule is CCN(CC(=O)Nc1cccc(OC)c1)C(=O)CNC(=O)c1ccco1. The van der Waals surface area contributed by atoms with Crippen molar-refractivity contribution < 1.29 is 23.5 Å². The maximum absolute atomic E-state index is 12.2. The second-order valence-electron chi connectivity index (χ2n) is 5.35. The molecule has 1 aromatic heterocycles. The van der Waals surface area contributed by atoms with Crippen LogP contribution in [0.5, 0.6) is 5.75 Å². The lowest BCUT2D eigenvalue weighted by molar-refractivity contribution is -0.133. The number of methoxy groups -OCH3 is 1. The Hall–Kier alpha value is -3.29. The number of carbonyl (C=O) groups is 3. The molecule has 2 aromatic rings. The van der Waals surface area contributed by atoms with Gasteiger partial charge in [-0.1, -0.05) is 6.07 Å². The highest BCUT2D eigenvalue weighted by Crippen LogP contribution is 2.16. The first-order valence-electron chi connectivity index (χ1n) is 8.07. The zero-order valence-corrected chi connectivity index (χ0v) is 14.7. The van der Waals surface area contributed by atoms with Gasteiger partial charge in [0.05, 0.1) is 26.5 Å². The highest BCUT2D eigenvalue weighted by Gasteiger charge is 2.17. The lowest BCUT2D eigenvalue weighted by Gasteiger charge is -2.20. The summed E-state index contributed by atoms with van der Waals surface area (Å²) in [4.78, 5) is 37.5. The molecule has 2 N–H and O–H groups in total. The minimum absolute atomic E-state index is 0.122. The molecule has 0 unspecified atom stereocenters. The van der Waals surface area contributed by atoms with Gasteiger partial charge in [0.1, 0.15) is 5.75 Å². The van der Waals surface area contributed by atoms with Crippen LogP contribution in [0.15, 0.2) is 47.1 Å². The summed E-state index contributed by atoms with van der Waals surface area (Å²) < 4.78 is 10.1. The number of hydrogen-bond donors (Lipinski definition) is 2. The molecule has 0 saturated carbocycles. The Morgan fingerprint density at radius 3 is 2.65 bits per heavy atom. The van der Waals surface area contributed by atoms with E-state index in [0.29, 0.717) is 18.0 Å². The topological polar surface area (TPSA) is 101 Å². The number of benzene rings is 1. The maximum atomic E-state index is 12.2. The molecule has 3 amide bonds. The zero-order chi connectivity index (χ0) is 18.9. The second kappa shape index (κ2) is 9.26. The highest BCUT2D eigenvalue weighted by molar-refractivity contribution is 5.97. The summed E-state index contributed by atoms with van der Waals surface area (Å²) in [5.74, 6) is -0.456. The number of hydrogen-bond acceptors (Lipinski definition) is 5. The van der Waals surface area contributed by atoms with Crippen LogP contribution in [0, 0.1) is 0 Å². The van der Waals surface area contributed by atoms with Crippen LogP contribution in [0.3, 0.4) is 0 Å². The van der Waals surface area contributed by atoms with Crippen molar-refractivity contribution in [2.24, 2.45) is 0 Å². The molecule has 0 bridgehead atoms. The van der Waals surface area contributed by atoms with E-state index in [4.69, 9.17) is 9.15 Å². The largest absolute Gasteiger partial charge is 0.497 e. The third-order valence-corrected chi connectivity index (χ3v) is 3.57. The molecule has 0 aliphatic heterocycles. The van der Waals surface area contributed by atoms with Gasteiger partial charge in [-0.25, -0.2) is 0 Å². The van der Waals surface area contributed by atoms with Gasteiger partial charge in [0, 0.05) is 18.3 Å². The Bertz CT molecular complexity index is 758.